The molecule has 5 nitrogen and oxygen atoms in total. The number of carbonyl (C=O) groups is 2. The van der Waals surface area contributed by atoms with E-state index in [1.54, 1.807) is 73.8 Å². The normalized spacial score (nSPS) is 10.0. The minimum Gasteiger partial charge on any atom is -0.497 e. The van der Waals surface area contributed by atoms with Crippen LogP contribution in [0.3, 0.4) is 0 Å². The van der Waals surface area contributed by atoms with Crippen molar-refractivity contribution >= 4 is 23.2 Å². The Kier molecular flexibility index (Phi) is 5.29. The van der Waals surface area contributed by atoms with Gasteiger partial charge in [-0.25, -0.2) is 0 Å². The van der Waals surface area contributed by atoms with Gasteiger partial charge in [-0.3, -0.25) is 9.59 Å². The third kappa shape index (κ3) is 4.08. The molecule has 0 atom stereocenters. The molecule has 0 aromatic heterocycles. The highest BCUT2D eigenvalue weighted by molar-refractivity contribution is 6.10. The van der Waals surface area contributed by atoms with Crippen molar-refractivity contribution < 1.29 is 14.3 Å². The molecule has 3 aromatic carbocycles. The summed E-state index contributed by atoms with van der Waals surface area (Å²) < 4.78 is 5.22. The first-order chi connectivity index (χ1) is 12.7. The predicted octanol–water partition coefficient (Wildman–Crippen LogP) is 4.20. The van der Waals surface area contributed by atoms with Gasteiger partial charge in [-0.1, -0.05) is 36.4 Å². The number of carbonyl (C=O) groups excluding carboxylic acids is 2. The Morgan fingerprint density at radius 1 is 0.692 bits per heavy atom. The zero-order chi connectivity index (χ0) is 18.4. The summed E-state index contributed by atoms with van der Waals surface area (Å²) >= 11 is 0. The van der Waals surface area contributed by atoms with E-state index >= 15 is 0 Å². The van der Waals surface area contributed by atoms with Crippen LogP contribution >= 0.6 is 0 Å². The zero-order valence-corrected chi connectivity index (χ0v) is 14.2. The van der Waals surface area contributed by atoms with Crippen molar-refractivity contribution in [1.29, 1.82) is 0 Å². The molecular weight excluding hydrogens is 328 g/mol. The molecule has 0 spiro atoms. The van der Waals surface area contributed by atoms with Crippen molar-refractivity contribution in [2.24, 2.45) is 0 Å². The Morgan fingerprint density at radius 3 is 1.69 bits per heavy atom. The lowest BCUT2D eigenvalue weighted by molar-refractivity contribution is 0.101. The second-order valence-corrected chi connectivity index (χ2v) is 5.55. The molecule has 0 heterocycles. The maximum atomic E-state index is 12.5. The van der Waals surface area contributed by atoms with Crippen LogP contribution < -0.4 is 15.4 Å². The Balaban J connectivity index is 1.86. The number of rotatable bonds is 5. The number of methoxy groups -OCH3 is 1. The molecule has 0 aliphatic heterocycles. The molecule has 0 radical (unpaired) electrons. The van der Waals surface area contributed by atoms with Crippen LogP contribution in [0.1, 0.15) is 20.7 Å². The lowest BCUT2D eigenvalue weighted by Gasteiger charge is -2.14. The maximum absolute atomic E-state index is 12.5. The van der Waals surface area contributed by atoms with E-state index in [9.17, 15) is 9.59 Å². The van der Waals surface area contributed by atoms with Crippen molar-refractivity contribution in [3.8, 4) is 5.75 Å². The summed E-state index contributed by atoms with van der Waals surface area (Å²) in [6.45, 7) is 0. The minimum atomic E-state index is -0.269. The number of amides is 2. The van der Waals surface area contributed by atoms with E-state index in [4.69, 9.17) is 4.74 Å². The van der Waals surface area contributed by atoms with Crippen molar-refractivity contribution in [2.75, 3.05) is 17.7 Å². The van der Waals surface area contributed by atoms with Gasteiger partial charge in [0.1, 0.15) is 5.75 Å². The van der Waals surface area contributed by atoms with Crippen LogP contribution in [0.5, 0.6) is 5.75 Å². The molecule has 2 N–H and O–H groups in total. The topological polar surface area (TPSA) is 67.4 Å². The van der Waals surface area contributed by atoms with Crippen LogP contribution in [0, 0.1) is 0 Å². The molecule has 0 saturated carbocycles. The summed E-state index contributed by atoms with van der Waals surface area (Å²) in [5.41, 5.74) is 2.01. The second-order valence-electron chi connectivity index (χ2n) is 5.55. The predicted molar refractivity (Wildman–Crippen MR) is 102 cm³/mol. The Hall–Kier alpha value is -3.60. The standard InChI is InChI=1S/C21H18N2O3/c1-26-17-12-13-18(22-20(24)15-8-4-2-5-9-15)19(14-17)23-21(25)16-10-6-3-7-11-16/h2-14H,1H3,(H,22,24)(H,23,25). The fraction of sp³-hybridized carbons (Fsp3) is 0.0476. The molecule has 130 valence electrons. The first-order valence-corrected chi connectivity index (χ1v) is 8.08. The van der Waals surface area contributed by atoms with Gasteiger partial charge in [0.25, 0.3) is 11.8 Å². The fourth-order valence-electron chi connectivity index (χ4n) is 2.43. The molecule has 0 aliphatic carbocycles. The summed E-state index contributed by atoms with van der Waals surface area (Å²) in [7, 11) is 1.54. The highest BCUT2D eigenvalue weighted by Gasteiger charge is 2.13. The molecule has 0 aliphatic rings. The third-order valence-electron chi connectivity index (χ3n) is 3.80. The second kappa shape index (κ2) is 7.98. The van der Waals surface area contributed by atoms with Crippen molar-refractivity contribution in [1.82, 2.24) is 0 Å². The van der Waals surface area contributed by atoms with Crippen LogP contribution in [0.2, 0.25) is 0 Å². The zero-order valence-electron chi connectivity index (χ0n) is 14.2. The van der Waals surface area contributed by atoms with Gasteiger partial charge in [-0.15, -0.1) is 0 Å². The van der Waals surface area contributed by atoms with Gasteiger partial charge >= 0.3 is 0 Å². The number of benzene rings is 3. The van der Waals surface area contributed by atoms with Gasteiger partial charge in [-0.05, 0) is 36.4 Å². The minimum absolute atomic E-state index is 0.258. The van der Waals surface area contributed by atoms with Gasteiger partial charge < -0.3 is 15.4 Å². The van der Waals surface area contributed by atoms with E-state index in [0.29, 0.717) is 28.3 Å². The van der Waals surface area contributed by atoms with E-state index in [-0.39, 0.29) is 11.8 Å². The highest BCUT2D eigenvalue weighted by Crippen LogP contribution is 2.28. The molecule has 0 bridgehead atoms. The average Bonchev–Trinajstić information content (AvgIpc) is 2.70. The number of hydrogen-bond acceptors (Lipinski definition) is 3. The van der Waals surface area contributed by atoms with Gasteiger partial charge in [0.2, 0.25) is 0 Å². The van der Waals surface area contributed by atoms with E-state index in [1.165, 1.54) is 0 Å². The SMILES string of the molecule is COc1ccc(NC(=O)c2ccccc2)c(NC(=O)c2ccccc2)c1. The van der Waals surface area contributed by atoms with E-state index in [0.717, 1.165) is 0 Å². The molecule has 3 aromatic rings. The first-order valence-electron chi connectivity index (χ1n) is 8.08. The quantitative estimate of drug-likeness (QED) is 0.727. The fourth-order valence-corrected chi connectivity index (χ4v) is 2.43. The van der Waals surface area contributed by atoms with E-state index < -0.39 is 0 Å². The summed E-state index contributed by atoms with van der Waals surface area (Å²) in [5.74, 6) is 0.0473. The Labute approximate surface area is 151 Å². The van der Waals surface area contributed by atoms with Crippen LogP contribution in [-0.4, -0.2) is 18.9 Å². The lowest BCUT2D eigenvalue weighted by atomic mass is 10.1. The molecule has 5 heteroatoms. The van der Waals surface area contributed by atoms with Crippen LogP contribution in [-0.2, 0) is 0 Å². The Morgan fingerprint density at radius 2 is 1.19 bits per heavy atom. The van der Waals surface area contributed by atoms with Crippen LogP contribution in [0.15, 0.2) is 78.9 Å². The highest BCUT2D eigenvalue weighted by atomic mass is 16.5. The molecule has 0 fully saturated rings. The van der Waals surface area contributed by atoms with E-state index in [1.807, 2.05) is 12.1 Å². The van der Waals surface area contributed by atoms with Gasteiger partial charge in [0, 0.05) is 17.2 Å². The molecular formula is C21H18N2O3. The van der Waals surface area contributed by atoms with Crippen molar-refractivity contribution in [3.05, 3.63) is 90.0 Å². The van der Waals surface area contributed by atoms with Gasteiger partial charge in [-0.2, -0.15) is 0 Å². The van der Waals surface area contributed by atoms with Crippen LogP contribution in [0.25, 0.3) is 0 Å². The van der Waals surface area contributed by atoms with E-state index in [2.05, 4.69) is 10.6 Å². The monoisotopic (exact) mass is 346 g/mol. The van der Waals surface area contributed by atoms with Gasteiger partial charge in [0.15, 0.2) is 0 Å². The van der Waals surface area contributed by atoms with Crippen molar-refractivity contribution in [3.63, 3.8) is 0 Å². The number of hydrogen-bond donors (Lipinski definition) is 2. The molecule has 2 amide bonds. The average molecular weight is 346 g/mol. The lowest BCUT2D eigenvalue weighted by Crippen LogP contribution is -2.16. The summed E-state index contributed by atoms with van der Waals surface area (Å²) in [6.07, 6.45) is 0. The number of ether oxygens (including phenoxy) is 1. The molecule has 3 rings (SSSR count). The third-order valence-corrected chi connectivity index (χ3v) is 3.80. The summed E-state index contributed by atoms with van der Waals surface area (Å²) in [4.78, 5) is 24.9. The Bertz CT molecular complexity index is 909. The number of nitrogens with one attached hydrogen (secondary N) is 2. The van der Waals surface area contributed by atoms with Crippen molar-refractivity contribution in [2.45, 2.75) is 0 Å². The smallest absolute Gasteiger partial charge is 0.255 e. The maximum Gasteiger partial charge on any atom is 0.255 e. The molecule has 26 heavy (non-hydrogen) atoms. The largest absolute Gasteiger partial charge is 0.497 e. The summed E-state index contributed by atoms with van der Waals surface area (Å²) in [6, 6.07) is 22.8. The molecule has 0 unspecified atom stereocenters. The molecule has 0 saturated heterocycles. The van der Waals surface area contributed by atoms with Crippen LogP contribution in [0.4, 0.5) is 11.4 Å². The number of anilines is 2. The summed E-state index contributed by atoms with van der Waals surface area (Å²) in [5, 5.41) is 5.65. The first kappa shape index (κ1) is 17.2. The van der Waals surface area contributed by atoms with Gasteiger partial charge in [0.05, 0.1) is 18.5 Å².